The molecular weight excluding hydrogens is 280 g/mol. The first-order valence-corrected chi connectivity index (χ1v) is 7.91. The van der Waals surface area contributed by atoms with E-state index in [-0.39, 0.29) is 0 Å². The van der Waals surface area contributed by atoms with Crippen LogP contribution in [0.1, 0.15) is 19.0 Å². The van der Waals surface area contributed by atoms with Crippen molar-refractivity contribution in [1.29, 1.82) is 0 Å². The van der Waals surface area contributed by atoms with E-state index in [0.29, 0.717) is 5.95 Å². The number of benzene rings is 1. The number of para-hydroxylation sites is 1. The zero-order valence-corrected chi connectivity index (χ0v) is 13.0. The molecule has 0 aliphatic carbocycles. The first-order chi connectivity index (χ1) is 10.2. The predicted molar refractivity (Wildman–Crippen MR) is 88.0 cm³/mol. The van der Waals surface area contributed by atoms with Gasteiger partial charge in [0.2, 0.25) is 5.95 Å². The van der Waals surface area contributed by atoms with Crippen molar-refractivity contribution in [2.75, 3.05) is 11.9 Å². The SMILES string of the molecule is CCCNc1nc(C)cc(Sc2cc3ccccc3[nH]2)n1. The van der Waals surface area contributed by atoms with Crippen LogP contribution in [0.2, 0.25) is 0 Å². The van der Waals surface area contributed by atoms with E-state index in [1.54, 1.807) is 11.8 Å². The van der Waals surface area contributed by atoms with Gasteiger partial charge in [-0.3, -0.25) is 0 Å². The number of anilines is 1. The highest BCUT2D eigenvalue weighted by molar-refractivity contribution is 7.99. The fourth-order valence-corrected chi connectivity index (χ4v) is 3.06. The average molecular weight is 298 g/mol. The van der Waals surface area contributed by atoms with Gasteiger partial charge in [0, 0.05) is 23.1 Å². The van der Waals surface area contributed by atoms with Gasteiger partial charge >= 0.3 is 0 Å². The molecule has 108 valence electrons. The molecule has 0 saturated heterocycles. The van der Waals surface area contributed by atoms with Crippen molar-refractivity contribution >= 4 is 28.6 Å². The third kappa shape index (κ3) is 3.36. The van der Waals surface area contributed by atoms with Gasteiger partial charge in [0.05, 0.1) is 5.03 Å². The van der Waals surface area contributed by atoms with Gasteiger partial charge in [-0.1, -0.05) is 36.9 Å². The molecule has 3 aromatic rings. The Morgan fingerprint density at radius 3 is 2.86 bits per heavy atom. The van der Waals surface area contributed by atoms with E-state index in [1.165, 1.54) is 5.39 Å². The van der Waals surface area contributed by atoms with Crippen LogP contribution in [0.15, 0.2) is 46.5 Å². The smallest absolute Gasteiger partial charge is 0.223 e. The molecule has 0 radical (unpaired) electrons. The number of nitrogens with one attached hydrogen (secondary N) is 2. The van der Waals surface area contributed by atoms with E-state index in [9.17, 15) is 0 Å². The summed E-state index contributed by atoms with van der Waals surface area (Å²) in [5.41, 5.74) is 2.12. The molecule has 0 fully saturated rings. The number of nitrogens with zero attached hydrogens (tertiary/aromatic N) is 2. The molecule has 2 N–H and O–H groups in total. The van der Waals surface area contributed by atoms with Crippen molar-refractivity contribution in [2.24, 2.45) is 0 Å². The standard InChI is InChI=1S/C16H18N4S/c1-3-8-17-16-18-11(2)9-14(20-16)21-15-10-12-6-4-5-7-13(12)19-15/h4-7,9-10,19H,3,8H2,1-2H3,(H,17,18,20). The highest BCUT2D eigenvalue weighted by Crippen LogP contribution is 2.29. The monoisotopic (exact) mass is 298 g/mol. The number of aryl methyl sites for hydroxylation is 1. The van der Waals surface area contributed by atoms with Crippen LogP contribution in [-0.2, 0) is 0 Å². The molecule has 0 atom stereocenters. The van der Waals surface area contributed by atoms with E-state index < -0.39 is 0 Å². The van der Waals surface area contributed by atoms with Crippen molar-refractivity contribution in [3.8, 4) is 0 Å². The van der Waals surface area contributed by atoms with Crippen LogP contribution in [0.3, 0.4) is 0 Å². The van der Waals surface area contributed by atoms with Crippen molar-refractivity contribution < 1.29 is 0 Å². The second-order valence-electron chi connectivity index (χ2n) is 4.92. The zero-order chi connectivity index (χ0) is 14.7. The van der Waals surface area contributed by atoms with E-state index in [0.717, 1.165) is 34.2 Å². The molecule has 3 rings (SSSR count). The van der Waals surface area contributed by atoms with Crippen LogP contribution in [0.4, 0.5) is 5.95 Å². The second-order valence-corrected chi connectivity index (χ2v) is 5.98. The summed E-state index contributed by atoms with van der Waals surface area (Å²) < 4.78 is 0. The predicted octanol–water partition coefficient (Wildman–Crippen LogP) is 4.24. The van der Waals surface area contributed by atoms with Gasteiger partial charge in [0.1, 0.15) is 5.03 Å². The minimum Gasteiger partial charge on any atom is -0.354 e. The van der Waals surface area contributed by atoms with Crippen LogP contribution in [-0.4, -0.2) is 21.5 Å². The number of hydrogen-bond donors (Lipinski definition) is 2. The summed E-state index contributed by atoms with van der Waals surface area (Å²) in [4.78, 5) is 12.4. The maximum Gasteiger partial charge on any atom is 0.223 e. The van der Waals surface area contributed by atoms with Crippen molar-refractivity contribution in [1.82, 2.24) is 15.0 Å². The Bertz CT molecular complexity index is 718. The van der Waals surface area contributed by atoms with Gasteiger partial charge in [0.25, 0.3) is 0 Å². The van der Waals surface area contributed by atoms with E-state index in [4.69, 9.17) is 0 Å². The maximum absolute atomic E-state index is 4.56. The van der Waals surface area contributed by atoms with Crippen LogP contribution in [0.5, 0.6) is 0 Å². The van der Waals surface area contributed by atoms with E-state index in [2.05, 4.69) is 45.4 Å². The lowest BCUT2D eigenvalue weighted by Crippen LogP contribution is -2.05. The third-order valence-electron chi connectivity index (χ3n) is 3.08. The Balaban J connectivity index is 1.84. The highest BCUT2D eigenvalue weighted by Gasteiger charge is 2.06. The molecule has 0 aliphatic heterocycles. The summed E-state index contributed by atoms with van der Waals surface area (Å²) in [6.45, 7) is 5.01. The van der Waals surface area contributed by atoms with Gasteiger partial charge in [-0.15, -0.1) is 0 Å². The molecule has 0 spiro atoms. The quantitative estimate of drug-likeness (QED) is 0.692. The number of H-pyrrole nitrogens is 1. The summed E-state index contributed by atoms with van der Waals surface area (Å²) >= 11 is 1.63. The largest absolute Gasteiger partial charge is 0.354 e. The van der Waals surface area contributed by atoms with Crippen LogP contribution < -0.4 is 5.32 Å². The van der Waals surface area contributed by atoms with Gasteiger partial charge in [0.15, 0.2) is 0 Å². The van der Waals surface area contributed by atoms with Gasteiger partial charge < -0.3 is 10.3 Å². The van der Waals surface area contributed by atoms with Crippen LogP contribution in [0.25, 0.3) is 10.9 Å². The topological polar surface area (TPSA) is 53.6 Å². The van der Waals surface area contributed by atoms with Gasteiger partial charge in [-0.25, -0.2) is 9.97 Å². The number of hydrogen-bond acceptors (Lipinski definition) is 4. The van der Waals surface area contributed by atoms with Gasteiger partial charge in [-0.05, 0) is 31.5 Å². The minimum absolute atomic E-state index is 0.704. The Morgan fingerprint density at radius 2 is 2.05 bits per heavy atom. The van der Waals surface area contributed by atoms with E-state index in [1.807, 2.05) is 25.1 Å². The molecule has 0 unspecified atom stereocenters. The second kappa shape index (κ2) is 6.18. The summed E-state index contributed by atoms with van der Waals surface area (Å²) in [5.74, 6) is 0.704. The maximum atomic E-state index is 4.56. The summed E-state index contributed by atoms with van der Waals surface area (Å²) in [6, 6.07) is 12.4. The molecule has 21 heavy (non-hydrogen) atoms. The lowest BCUT2D eigenvalue weighted by molar-refractivity contribution is 0.924. The molecule has 0 saturated carbocycles. The van der Waals surface area contributed by atoms with Crippen molar-refractivity contribution in [3.63, 3.8) is 0 Å². The Hall–Kier alpha value is -2.01. The normalized spacial score (nSPS) is 11.0. The summed E-state index contributed by atoms with van der Waals surface area (Å²) in [7, 11) is 0. The van der Waals surface area contributed by atoms with Crippen molar-refractivity contribution in [3.05, 3.63) is 42.1 Å². The molecule has 1 aromatic carbocycles. The first kappa shape index (κ1) is 13.9. The van der Waals surface area contributed by atoms with Gasteiger partial charge in [-0.2, -0.15) is 0 Å². The molecule has 0 amide bonds. The van der Waals surface area contributed by atoms with Crippen LogP contribution >= 0.6 is 11.8 Å². The Kier molecular flexibility index (Phi) is 4.10. The molecular formula is C16H18N4S. The fourth-order valence-electron chi connectivity index (χ4n) is 2.12. The number of aromatic nitrogens is 3. The minimum atomic E-state index is 0.704. The summed E-state index contributed by atoms with van der Waals surface area (Å²) in [5, 5.41) is 6.50. The number of fused-ring (bicyclic) bond motifs is 1. The molecule has 0 aliphatic rings. The third-order valence-corrected chi connectivity index (χ3v) is 3.94. The molecule has 2 aromatic heterocycles. The molecule has 5 heteroatoms. The highest BCUT2D eigenvalue weighted by atomic mass is 32.2. The summed E-state index contributed by atoms with van der Waals surface area (Å²) in [6.07, 6.45) is 1.06. The fraction of sp³-hybridized carbons (Fsp3) is 0.250. The number of aromatic amines is 1. The first-order valence-electron chi connectivity index (χ1n) is 7.10. The average Bonchev–Trinajstić information content (AvgIpc) is 2.86. The number of rotatable bonds is 5. The lowest BCUT2D eigenvalue weighted by Gasteiger charge is -2.06. The van der Waals surface area contributed by atoms with Crippen molar-refractivity contribution in [2.45, 2.75) is 30.3 Å². The van der Waals surface area contributed by atoms with E-state index >= 15 is 0 Å². The molecule has 0 bridgehead atoms. The lowest BCUT2D eigenvalue weighted by atomic mass is 10.3. The Morgan fingerprint density at radius 1 is 1.19 bits per heavy atom. The zero-order valence-electron chi connectivity index (χ0n) is 12.2. The molecule has 4 nitrogen and oxygen atoms in total. The Labute approximate surface area is 128 Å². The molecule has 2 heterocycles. The van der Waals surface area contributed by atoms with Crippen LogP contribution in [0, 0.1) is 6.92 Å².